The van der Waals surface area contributed by atoms with Gasteiger partial charge in [-0.15, -0.1) is 0 Å². The first-order valence-corrected chi connectivity index (χ1v) is 7.81. The van der Waals surface area contributed by atoms with Gasteiger partial charge in [-0.25, -0.2) is 4.39 Å². The Kier molecular flexibility index (Phi) is 5.70. The topological polar surface area (TPSA) is 75.4 Å². The molecule has 0 spiro atoms. The van der Waals surface area contributed by atoms with Crippen LogP contribution >= 0.6 is 0 Å². The van der Waals surface area contributed by atoms with Gasteiger partial charge in [0.05, 0.1) is 18.2 Å². The molecule has 1 heterocycles. The number of aromatic nitrogens is 1. The molecular formula is C17H18F4N2O3. The van der Waals surface area contributed by atoms with Crippen molar-refractivity contribution in [3.8, 4) is 11.3 Å². The number of amides is 1. The van der Waals surface area contributed by atoms with Crippen LogP contribution in [-0.4, -0.2) is 28.8 Å². The molecule has 26 heavy (non-hydrogen) atoms. The summed E-state index contributed by atoms with van der Waals surface area (Å²) in [5, 5.41) is 15.5. The predicted octanol–water partition coefficient (Wildman–Crippen LogP) is 3.55. The highest BCUT2D eigenvalue weighted by Gasteiger charge is 2.34. The van der Waals surface area contributed by atoms with E-state index in [1.165, 1.54) is 6.92 Å². The van der Waals surface area contributed by atoms with Crippen LogP contribution in [0, 0.1) is 18.7 Å². The van der Waals surface area contributed by atoms with Crippen molar-refractivity contribution >= 4 is 5.91 Å². The third-order valence-electron chi connectivity index (χ3n) is 3.99. The highest BCUT2D eigenvalue weighted by atomic mass is 19.4. The number of aliphatic hydroxyl groups is 1. The van der Waals surface area contributed by atoms with Gasteiger partial charge < -0.3 is 14.9 Å². The Morgan fingerprint density at radius 1 is 1.35 bits per heavy atom. The third kappa shape index (κ3) is 4.04. The maximum Gasteiger partial charge on any atom is 0.419 e. The summed E-state index contributed by atoms with van der Waals surface area (Å²) in [6.45, 7) is 4.84. The van der Waals surface area contributed by atoms with Crippen LogP contribution in [-0.2, 0) is 6.18 Å². The number of nitrogens with zero attached hydrogens (tertiary/aromatic N) is 1. The number of carbonyl (C=O) groups is 1. The number of halogens is 4. The lowest BCUT2D eigenvalue weighted by molar-refractivity contribution is -0.139. The van der Waals surface area contributed by atoms with Crippen molar-refractivity contribution in [2.24, 2.45) is 5.92 Å². The molecule has 0 aliphatic rings. The molecule has 0 radical (unpaired) electrons. The maximum atomic E-state index is 13.7. The summed E-state index contributed by atoms with van der Waals surface area (Å²) in [5.41, 5.74) is -1.19. The Morgan fingerprint density at radius 3 is 2.50 bits per heavy atom. The highest BCUT2D eigenvalue weighted by Crippen LogP contribution is 2.34. The van der Waals surface area contributed by atoms with Gasteiger partial charge in [-0.3, -0.25) is 4.79 Å². The van der Waals surface area contributed by atoms with Crippen molar-refractivity contribution in [3.05, 3.63) is 40.8 Å². The third-order valence-corrected chi connectivity index (χ3v) is 3.99. The number of carbonyl (C=O) groups excluding carboxylic acids is 1. The highest BCUT2D eigenvalue weighted by molar-refractivity contribution is 5.95. The Bertz CT molecular complexity index is 800. The van der Waals surface area contributed by atoms with E-state index in [-0.39, 0.29) is 35.1 Å². The van der Waals surface area contributed by atoms with E-state index in [0.29, 0.717) is 12.1 Å². The molecule has 0 bridgehead atoms. The number of alkyl halides is 3. The SMILES string of the molecule is Cc1c(C(=O)NC(CO)C(C)C)noc1-c1ccc(C(F)(F)F)c(F)c1. The van der Waals surface area contributed by atoms with Crippen LogP contribution in [0.2, 0.25) is 0 Å². The van der Waals surface area contributed by atoms with Crippen LogP contribution in [0.3, 0.4) is 0 Å². The first-order chi connectivity index (χ1) is 12.1. The fourth-order valence-corrected chi connectivity index (χ4v) is 2.36. The lowest BCUT2D eigenvalue weighted by atomic mass is 10.0. The predicted molar refractivity (Wildman–Crippen MR) is 84.8 cm³/mol. The summed E-state index contributed by atoms with van der Waals surface area (Å²) >= 11 is 0. The average Bonchev–Trinajstić information content (AvgIpc) is 2.92. The summed E-state index contributed by atoms with van der Waals surface area (Å²) in [7, 11) is 0. The zero-order valence-corrected chi connectivity index (χ0v) is 14.3. The van der Waals surface area contributed by atoms with Gasteiger partial charge in [0.15, 0.2) is 11.5 Å². The lowest BCUT2D eigenvalue weighted by Crippen LogP contribution is -2.41. The van der Waals surface area contributed by atoms with E-state index in [9.17, 15) is 27.5 Å². The quantitative estimate of drug-likeness (QED) is 0.785. The molecule has 9 heteroatoms. The van der Waals surface area contributed by atoms with E-state index in [4.69, 9.17) is 4.52 Å². The number of nitrogens with one attached hydrogen (secondary N) is 1. The van der Waals surface area contributed by atoms with Crippen LogP contribution in [0.5, 0.6) is 0 Å². The summed E-state index contributed by atoms with van der Waals surface area (Å²) in [6, 6.07) is 1.84. The molecular weight excluding hydrogens is 356 g/mol. The van der Waals surface area contributed by atoms with E-state index >= 15 is 0 Å². The normalized spacial score (nSPS) is 13.1. The van der Waals surface area contributed by atoms with E-state index in [2.05, 4.69) is 10.5 Å². The Labute approximate surface area is 147 Å². The Morgan fingerprint density at radius 2 is 2.00 bits per heavy atom. The van der Waals surface area contributed by atoms with Crippen LogP contribution in [0.25, 0.3) is 11.3 Å². The van der Waals surface area contributed by atoms with Gasteiger partial charge in [0.2, 0.25) is 0 Å². The monoisotopic (exact) mass is 374 g/mol. The minimum Gasteiger partial charge on any atom is -0.394 e. The number of rotatable bonds is 5. The second kappa shape index (κ2) is 7.45. The van der Waals surface area contributed by atoms with E-state index < -0.39 is 29.5 Å². The van der Waals surface area contributed by atoms with Crippen LogP contribution < -0.4 is 5.32 Å². The Balaban J connectivity index is 2.32. The zero-order valence-electron chi connectivity index (χ0n) is 14.3. The van der Waals surface area contributed by atoms with Gasteiger partial charge >= 0.3 is 6.18 Å². The summed E-state index contributed by atoms with van der Waals surface area (Å²) in [4.78, 5) is 12.3. The summed E-state index contributed by atoms with van der Waals surface area (Å²) < 4.78 is 56.7. The number of benzene rings is 1. The molecule has 0 aliphatic heterocycles. The first kappa shape index (κ1) is 19.9. The molecule has 0 fully saturated rings. The second-order valence-corrected chi connectivity index (χ2v) is 6.18. The fraction of sp³-hybridized carbons (Fsp3) is 0.412. The smallest absolute Gasteiger partial charge is 0.394 e. The van der Waals surface area contributed by atoms with Crippen molar-refractivity contribution < 1.29 is 32.0 Å². The number of aliphatic hydroxyl groups excluding tert-OH is 1. The van der Waals surface area contributed by atoms with Crippen LogP contribution in [0.15, 0.2) is 22.7 Å². The molecule has 0 aliphatic carbocycles. The Hall–Kier alpha value is -2.42. The zero-order chi connectivity index (χ0) is 19.6. The van der Waals surface area contributed by atoms with Gasteiger partial charge in [0.25, 0.3) is 5.91 Å². The second-order valence-electron chi connectivity index (χ2n) is 6.18. The van der Waals surface area contributed by atoms with E-state index in [1.54, 1.807) is 0 Å². The largest absolute Gasteiger partial charge is 0.419 e. The molecule has 0 saturated carbocycles. The first-order valence-electron chi connectivity index (χ1n) is 7.81. The molecule has 2 aromatic rings. The van der Waals surface area contributed by atoms with Crippen molar-refractivity contribution in [2.75, 3.05) is 6.61 Å². The summed E-state index contributed by atoms with van der Waals surface area (Å²) in [5.74, 6) is -2.08. The molecule has 5 nitrogen and oxygen atoms in total. The molecule has 1 atom stereocenters. The van der Waals surface area contributed by atoms with Crippen molar-refractivity contribution in [2.45, 2.75) is 33.0 Å². The standard InChI is InChI=1S/C17H18F4N2O3/c1-8(2)13(7-24)22-16(25)14-9(3)15(26-23-14)10-4-5-11(12(18)6-10)17(19,20)21/h4-6,8,13,24H,7H2,1-3H3,(H,22,25). The van der Waals surface area contributed by atoms with Crippen molar-refractivity contribution in [1.29, 1.82) is 0 Å². The van der Waals surface area contributed by atoms with Gasteiger partial charge in [-0.1, -0.05) is 25.1 Å². The van der Waals surface area contributed by atoms with Gasteiger partial charge in [0.1, 0.15) is 5.82 Å². The van der Waals surface area contributed by atoms with Crippen LogP contribution in [0.1, 0.15) is 35.5 Å². The molecule has 2 N–H and O–H groups in total. The minimum absolute atomic E-state index is 0.00660. The molecule has 1 unspecified atom stereocenters. The minimum atomic E-state index is -4.81. The van der Waals surface area contributed by atoms with Gasteiger partial charge in [-0.05, 0) is 25.0 Å². The van der Waals surface area contributed by atoms with Crippen LogP contribution in [0.4, 0.5) is 17.6 Å². The van der Waals surface area contributed by atoms with Gasteiger partial charge in [-0.2, -0.15) is 13.2 Å². The maximum absolute atomic E-state index is 13.7. The molecule has 1 aromatic heterocycles. The number of hydrogen-bond donors (Lipinski definition) is 2. The van der Waals surface area contributed by atoms with Crippen molar-refractivity contribution in [3.63, 3.8) is 0 Å². The van der Waals surface area contributed by atoms with E-state index in [0.717, 1.165) is 6.07 Å². The lowest BCUT2D eigenvalue weighted by Gasteiger charge is -2.19. The van der Waals surface area contributed by atoms with Crippen molar-refractivity contribution in [1.82, 2.24) is 10.5 Å². The molecule has 142 valence electrons. The molecule has 1 aromatic carbocycles. The fourth-order valence-electron chi connectivity index (χ4n) is 2.36. The molecule has 2 rings (SSSR count). The van der Waals surface area contributed by atoms with Gasteiger partial charge in [0, 0.05) is 11.1 Å². The average molecular weight is 374 g/mol. The molecule has 1 amide bonds. The van der Waals surface area contributed by atoms with E-state index in [1.807, 2.05) is 13.8 Å². The molecule has 0 saturated heterocycles. The number of hydrogen-bond acceptors (Lipinski definition) is 4. The summed E-state index contributed by atoms with van der Waals surface area (Å²) in [6.07, 6.45) is -4.81.